The number of nitro benzene ring substituents is 2. The van der Waals surface area contributed by atoms with E-state index in [9.17, 15) is 33.2 Å². The van der Waals surface area contributed by atoms with Crippen LogP contribution in [0.2, 0.25) is 0 Å². The van der Waals surface area contributed by atoms with Crippen molar-refractivity contribution in [3.63, 3.8) is 0 Å². The summed E-state index contributed by atoms with van der Waals surface area (Å²) in [7, 11) is -5.34. The fourth-order valence-corrected chi connectivity index (χ4v) is 3.56. The molecule has 0 bridgehead atoms. The Morgan fingerprint density at radius 3 is 2.22 bits per heavy atom. The molecule has 3 rings (SSSR count). The Morgan fingerprint density at radius 2 is 1.62 bits per heavy atom. The molecular formula is C18H14N5NaO7S. The van der Waals surface area contributed by atoms with Crippen LogP contribution >= 0.6 is 0 Å². The van der Waals surface area contributed by atoms with Crippen molar-refractivity contribution in [3.8, 4) is 0 Å². The van der Waals surface area contributed by atoms with Gasteiger partial charge in [0.05, 0.1) is 26.5 Å². The first kappa shape index (κ1) is 25.3. The number of fused-ring (bicyclic) bond motifs is 1. The number of hydrogen-bond acceptors (Lipinski definition) is 10. The summed E-state index contributed by atoms with van der Waals surface area (Å²) in [6.45, 7) is 2.35. The van der Waals surface area contributed by atoms with E-state index in [1.165, 1.54) is 0 Å². The van der Waals surface area contributed by atoms with Crippen molar-refractivity contribution in [1.82, 2.24) is 0 Å². The van der Waals surface area contributed by atoms with Crippen LogP contribution < -0.4 is 34.9 Å². The summed E-state index contributed by atoms with van der Waals surface area (Å²) < 4.78 is 35.0. The first-order valence-electron chi connectivity index (χ1n) is 8.73. The summed E-state index contributed by atoms with van der Waals surface area (Å²) in [6.07, 6.45) is 0. The van der Waals surface area contributed by atoms with Crippen molar-refractivity contribution >= 4 is 49.3 Å². The first-order chi connectivity index (χ1) is 14.6. The van der Waals surface area contributed by atoms with Gasteiger partial charge in [-0.2, -0.15) is 0 Å². The largest absolute Gasteiger partial charge is 1.00 e. The Kier molecular flexibility index (Phi) is 7.98. The van der Waals surface area contributed by atoms with E-state index in [-0.39, 0.29) is 35.2 Å². The first-order valence-corrected chi connectivity index (χ1v) is 10.1. The van der Waals surface area contributed by atoms with Gasteiger partial charge in [0, 0.05) is 18.0 Å². The standard InChI is InChI=1S/C18H15N5O7S.Na/c1-2-19-14-8-7-11-5-3-4-6-13(11)17(14)20-21-18-15(23(26)27)9-12(22(24)25)10-16(18)31(28,29)30;/h3-10,19H,2H2,1H3,(H,28,29,30);/q;+1/p-1. The molecule has 0 unspecified atom stereocenters. The van der Waals surface area contributed by atoms with Crippen molar-refractivity contribution in [3.05, 3.63) is 68.8 Å². The Balaban J connectivity index is 0.00000363. The minimum Gasteiger partial charge on any atom is -0.744 e. The Bertz CT molecular complexity index is 1350. The molecule has 14 heteroatoms. The maximum atomic E-state index is 11.7. The molecule has 1 N–H and O–H groups in total. The van der Waals surface area contributed by atoms with Gasteiger partial charge in [-0.25, -0.2) is 8.42 Å². The molecule has 0 aliphatic heterocycles. The van der Waals surface area contributed by atoms with E-state index in [1.54, 1.807) is 30.3 Å². The van der Waals surface area contributed by atoms with Gasteiger partial charge in [0.1, 0.15) is 15.8 Å². The smallest absolute Gasteiger partial charge is 0.744 e. The van der Waals surface area contributed by atoms with Crippen LogP contribution in [0.1, 0.15) is 6.92 Å². The predicted molar refractivity (Wildman–Crippen MR) is 110 cm³/mol. The van der Waals surface area contributed by atoms with Crippen LogP contribution in [0.15, 0.2) is 63.7 Å². The molecule has 3 aromatic carbocycles. The van der Waals surface area contributed by atoms with Crippen LogP contribution in [0.5, 0.6) is 0 Å². The minimum absolute atomic E-state index is 0. The molecular weight excluding hydrogens is 453 g/mol. The summed E-state index contributed by atoms with van der Waals surface area (Å²) in [5, 5.41) is 34.6. The number of nitro groups is 2. The van der Waals surface area contributed by atoms with E-state index in [4.69, 9.17) is 0 Å². The molecule has 0 radical (unpaired) electrons. The molecule has 3 aromatic rings. The second kappa shape index (κ2) is 10.1. The molecule has 0 saturated carbocycles. The zero-order chi connectivity index (χ0) is 22.8. The normalized spacial score (nSPS) is 11.3. The average Bonchev–Trinajstić information content (AvgIpc) is 2.71. The van der Waals surface area contributed by atoms with Crippen LogP contribution in [0.25, 0.3) is 10.8 Å². The van der Waals surface area contributed by atoms with Crippen molar-refractivity contribution < 1.29 is 52.4 Å². The maximum absolute atomic E-state index is 11.7. The van der Waals surface area contributed by atoms with Gasteiger partial charge >= 0.3 is 35.2 Å². The van der Waals surface area contributed by atoms with Gasteiger partial charge in [0.2, 0.25) is 0 Å². The summed E-state index contributed by atoms with van der Waals surface area (Å²) in [6, 6.07) is 11.5. The zero-order valence-corrected chi connectivity index (χ0v) is 19.7. The van der Waals surface area contributed by atoms with Gasteiger partial charge in [-0.1, -0.05) is 30.3 Å². The molecule has 160 valence electrons. The number of benzene rings is 3. The molecule has 12 nitrogen and oxygen atoms in total. The van der Waals surface area contributed by atoms with Crippen molar-refractivity contribution in [2.24, 2.45) is 10.2 Å². The molecule has 0 spiro atoms. The maximum Gasteiger partial charge on any atom is 1.00 e. The van der Waals surface area contributed by atoms with Crippen LogP contribution in [-0.2, 0) is 10.1 Å². The molecule has 0 aliphatic rings. The van der Waals surface area contributed by atoms with E-state index in [0.29, 0.717) is 29.8 Å². The van der Waals surface area contributed by atoms with Gasteiger partial charge in [-0.05, 0) is 18.4 Å². The number of anilines is 1. The number of nitrogens with one attached hydrogen (secondary N) is 1. The Labute approximate surface area is 203 Å². The van der Waals surface area contributed by atoms with Gasteiger partial charge in [-0.3, -0.25) is 20.2 Å². The van der Waals surface area contributed by atoms with Gasteiger partial charge in [0.15, 0.2) is 5.69 Å². The molecule has 0 amide bonds. The summed E-state index contributed by atoms with van der Waals surface area (Å²) in [5.74, 6) is 0. The molecule has 0 fully saturated rings. The van der Waals surface area contributed by atoms with Gasteiger partial charge in [-0.15, -0.1) is 10.2 Å². The molecule has 0 aliphatic carbocycles. The number of nitrogens with zero attached hydrogens (tertiary/aromatic N) is 4. The van der Waals surface area contributed by atoms with E-state index in [0.717, 1.165) is 5.39 Å². The second-order valence-corrected chi connectivity index (χ2v) is 7.54. The third kappa shape index (κ3) is 5.26. The van der Waals surface area contributed by atoms with Crippen LogP contribution in [0.4, 0.5) is 28.4 Å². The summed E-state index contributed by atoms with van der Waals surface area (Å²) in [5.41, 5.74) is -2.08. The minimum atomic E-state index is -5.34. The fourth-order valence-electron chi connectivity index (χ4n) is 2.91. The van der Waals surface area contributed by atoms with Crippen LogP contribution in [0.3, 0.4) is 0 Å². The monoisotopic (exact) mass is 467 g/mol. The van der Waals surface area contributed by atoms with Crippen LogP contribution in [0, 0.1) is 20.2 Å². The molecule has 32 heavy (non-hydrogen) atoms. The average molecular weight is 467 g/mol. The Morgan fingerprint density at radius 1 is 0.969 bits per heavy atom. The topological polar surface area (TPSA) is 180 Å². The fraction of sp³-hybridized carbons (Fsp3) is 0.111. The molecule has 0 saturated heterocycles. The van der Waals surface area contributed by atoms with Crippen molar-refractivity contribution in [2.75, 3.05) is 11.9 Å². The van der Waals surface area contributed by atoms with Gasteiger partial charge < -0.3 is 9.87 Å². The Hall–Kier alpha value is -2.97. The van der Waals surface area contributed by atoms with Crippen molar-refractivity contribution in [1.29, 1.82) is 0 Å². The molecule has 0 aromatic heterocycles. The number of rotatable bonds is 7. The third-order valence-electron chi connectivity index (χ3n) is 4.23. The third-order valence-corrected chi connectivity index (χ3v) is 5.08. The zero-order valence-electron chi connectivity index (χ0n) is 16.9. The second-order valence-electron chi connectivity index (χ2n) is 6.19. The van der Waals surface area contributed by atoms with Crippen molar-refractivity contribution in [2.45, 2.75) is 11.8 Å². The quantitative estimate of drug-likeness (QED) is 0.178. The van der Waals surface area contributed by atoms with Gasteiger partial charge in [0.25, 0.3) is 5.69 Å². The number of azo groups is 1. The van der Waals surface area contributed by atoms with E-state index >= 15 is 0 Å². The van der Waals surface area contributed by atoms with Crippen LogP contribution in [-0.4, -0.2) is 29.4 Å². The number of hydrogen-bond donors (Lipinski definition) is 1. The summed E-state index contributed by atoms with van der Waals surface area (Å²) in [4.78, 5) is 19.2. The molecule has 0 heterocycles. The SMILES string of the molecule is CCNc1ccc2ccccc2c1N=Nc1c([N+](=O)[O-])cc([N+](=O)[O-])cc1S(=O)(=O)[O-].[Na+]. The van der Waals surface area contributed by atoms with E-state index < -0.39 is 41.9 Å². The summed E-state index contributed by atoms with van der Waals surface area (Å²) >= 11 is 0. The number of non-ortho nitro benzene ring substituents is 1. The molecule has 0 atom stereocenters. The predicted octanol–water partition coefficient (Wildman–Crippen LogP) is 1.41. The van der Waals surface area contributed by atoms with E-state index in [2.05, 4.69) is 15.5 Å². The van der Waals surface area contributed by atoms with E-state index in [1.807, 2.05) is 13.0 Å².